The molecule has 0 saturated heterocycles. The summed E-state index contributed by atoms with van der Waals surface area (Å²) in [7, 11) is 0. The molecule has 2 nitrogen and oxygen atoms in total. The molecule has 2 heterocycles. The van der Waals surface area contributed by atoms with Crippen LogP contribution in [0.4, 0.5) is 0 Å². The van der Waals surface area contributed by atoms with Crippen LogP contribution in [0.2, 0.25) is 0 Å². The Hall–Kier alpha value is -1.19. The first kappa shape index (κ1) is 14.2. The molecule has 0 amide bonds. The van der Waals surface area contributed by atoms with Crippen LogP contribution in [0.5, 0.6) is 0 Å². The molecule has 2 aromatic rings. The van der Waals surface area contributed by atoms with Crippen molar-refractivity contribution in [1.82, 2.24) is 10.3 Å². The number of thiophene rings is 1. The normalized spacial score (nSPS) is 12.6. The van der Waals surface area contributed by atoms with Crippen molar-refractivity contribution in [3.05, 3.63) is 51.0 Å². The number of aryl methyl sites for hydroxylation is 3. The van der Waals surface area contributed by atoms with Crippen molar-refractivity contribution in [3.8, 4) is 0 Å². The van der Waals surface area contributed by atoms with Gasteiger partial charge in [-0.15, -0.1) is 11.3 Å². The van der Waals surface area contributed by atoms with E-state index in [4.69, 9.17) is 0 Å². The minimum atomic E-state index is 0.284. The molecule has 3 heteroatoms. The lowest BCUT2D eigenvalue weighted by molar-refractivity contribution is 0.596. The van der Waals surface area contributed by atoms with Crippen LogP contribution in [0.25, 0.3) is 0 Å². The van der Waals surface area contributed by atoms with Crippen LogP contribution in [0.15, 0.2) is 23.6 Å². The van der Waals surface area contributed by atoms with Gasteiger partial charge in [0.15, 0.2) is 0 Å². The summed E-state index contributed by atoms with van der Waals surface area (Å²) in [5.74, 6) is 0. The fraction of sp³-hybridized carbons (Fsp3) is 0.438. The predicted molar refractivity (Wildman–Crippen MR) is 82.9 cm³/mol. The fourth-order valence-electron chi connectivity index (χ4n) is 2.42. The van der Waals surface area contributed by atoms with E-state index in [0.717, 1.165) is 24.4 Å². The molecular weight excluding hydrogens is 252 g/mol. The minimum absolute atomic E-state index is 0.284. The van der Waals surface area contributed by atoms with Gasteiger partial charge in [0.1, 0.15) is 0 Å². The van der Waals surface area contributed by atoms with Crippen LogP contribution in [0.3, 0.4) is 0 Å². The third-order valence-electron chi connectivity index (χ3n) is 3.25. The largest absolute Gasteiger partial charge is 0.306 e. The highest BCUT2D eigenvalue weighted by Gasteiger charge is 2.17. The van der Waals surface area contributed by atoms with Gasteiger partial charge in [-0.3, -0.25) is 4.98 Å². The summed E-state index contributed by atoms with van der Waals surface area (Å²) in [6.45, 7) is 9.55. The summed E-state index contributed by atoms with van der Waals surface area (Å²) in [5.41, 5.74) is 4.89. The van der Waals surface area contributed by atoms with Crippen molar-refractivity contribution in [1.29, 1.82) is 0 Å². The second-order valence-corrected chi connectivity index (χ2v) is 6.12. The average Bonchev–Trinajstić information content (AvgIpc) is 2.75. The van der Waals surface area contributed by atoms with E-state index in [-0.39, 0.29) is 6.04 Å². The zero-order valence-corrected chi connectivity index (χ0v) is 13.0. The van der Waals surface area contributed by atoms with E-state index in [1.807, 2.05) is 11.3 Å². The first-order valence-corrected chi connectivity index (χ1v) is 7.72. The molecular formula is C16H22N2S. The van der Waals surface area contributed by atoms with Crippen LogP contribution in [-0.4, -0.2) is 11.5 Å². The van der Waals surface area contributed by atoms with Crippen LogP contribution in [0.1, 0.15) is 46.8 Å². The number of aromatic nitrogens is 1. The summed E-state index contributed by atoms with van der Waals surface area (Å²) in [6.07, 6.45) is 1.14. The number of hydrogen-bond acceptors (Lipinski definition) is 3. The van der Waals surface area contributed by atoms with E-state index in [0.29, 0.717) is 0 Å². The van der Waals surface area contributed by atoms with Gasteiger partial charge in [-0.05, 0) is 68.4 Å². The Kier molecular flexibility index (Phi) is 4.72. The van der Waals surface area contributed by atoms with Crippen molar-refractivity contribution < 1.29 is 0 Å². The summed E-state index contributed by atoms with van der Waals surface area (Å²) < 4.78 is 0. The van der Waals surface area contributed by atoms with Gasteiger partial charge in [-0.2, -0.15) is 0 Å². The Bertz CT molecular complexity index is 525. The van der Waals surface area contributed by atoms with Gasteiger partial charge in [0.25, 0.3) is 0 Å². The lowest BCUT2D eigenvalue weighted by atomic mass is 9.98. The summed E-state index contributed by atoms with van der Waals surface area (Å²) in [6, 6.07) is 6.90. The Morgan fingerprint density at radius 3 is 2.42 bits per heavy atom. The predicted octanol–water partition coefficient (Wildman–Crippen LogP) is 4.16. The monoisotopic (exact) mass is 274 g/mol. The number of pyridine rings is 1. The molecule has 102 valence electrons. The Labute approximate surface area is 119 Å². The Balaban J connectivity index is 2.39. The SMILES string of the molecule is CCCNC(c1cc(C)nc(C)c1)c1ccsc1C. The maximum Gasteiger partial charge on any atom is 0.0588 e. The van der Waals surface area contributed by atoms with Gasteiger partial charge in [-0.1, -0.05) is 6.92 Å². The van der Waals surface area contributed by atoms with Crippen LogP contribution in [-0.2, 0) is 0 Å². The van der Waals surface area contributed by atoms with Crippen molar-refractivity contribution in [2.75, 3.05) is 6.54 Å². The molecule has 0 aliphatic rings. The summed E-state index contributed by atoms with van der Waals surface area (Å²) in [5, 5.41) is 5.84. The second-order valence-electron chi connectivity index (χ2n) is 5.00. The lowest BCUT2D eigenvalue weighted by Crippen LogP contribution is -2.23. The first-order valence-electron chi connectivity index (χ1n) is 6.84. The quantitative estimate of drug-likeness (QED) is 0.885. The molecule has 1 unspecified atom stereocenters. The molecule has 1 atom stereocenters. The highest BCUT2D eigenvalue weighted by Crippen LogP contribution is 2.28. The van der Waals surface area contributed by atoms with Crippen molar-refractivity contribution in [2.45, 2.75) is 40.2 Å². The topological polar surface area (TPSA) is 24.9 Å². The number of hydrogen-bond donors (Lipinski definition) is 1. The third-order valence-corrected chi connectivity index (χ3v) is 4.11. The van der Waals surface area contributed by atoms with Crippen LogP contribution in [0, 0.1) is 20.8 Å². The van der Waals surface area contributed by atoms with Gasteiger partial charge in [0, 0.05) is 16.3 Å². The molecule has 2 rings (SSSR count). The Morgan fingerprint density at radius 2 is 1.89 bits per heavy atom. The van der Waals surface area contributed by atoms with Crippen LogP contribution >= 0.6 is 11.3 Å². The molecule has 0 bridgehead atoms. The smallest absolute Gasteiger partial charge is 0.0588 e. The van der Waals surface area contributed by atoms with E-state index < -0.39 is 0 Å². The molecule has 0 aliphatic carbocycles. The maximum atomic E-state index is 4.48. The van der Waals surface area contributed by atoms with Gasteiger partial charge in [-0.25, -0.2) is 0 Å². The van der Waals surface area contributed by atoms with E-state index >= 15 is 0 Å². The van der Waals surface area contributed by atoms with Gasteiger partial charge < -0.3 is 5.32 Å². The highest BCUT2D eigenvalue weighted by molar-refractivity contribution is 7.10. The first-order chi connectivity index (χ1) is 9.11. The molecule has 0 aromatic carbocycles. The van der Waals surface area contributed by atoms with Gasteiger partial charge in [0.05, 0.1) is 6.04 Å². The van der Waals surface area contributed by atoms with Gasteiger partial charge >= 0.3 is 0 Å². The zero-order valence-electron chi connectivity index (χ0n) is 12.2. The van der Waals surface area contributed by atoms with Crippen molar-refractivity contribution in [2.24, 2.45) is 0 Å². The van der Waals surface area contributed by atoms with Gasteiger partial charge in [0.2, 0.25) is 0 Å². The zero-order chi connectivity index (χ0) is 13.8. The fourth-order valence-corrected chi connectivity index (χ4v) is 3.16. The molecule has 0 aliphatic heterocycles. The molecule has 0 fully saturated rings. The molecule has 0 spiro atoms. The number of rotatable bonds is 5. The van der Waals surface area contributed by atoms with Crippen molar-refractivity contribution in [3.63, 3.8) is 0 Å². The second kappa shape index (κ2) is 6.31. The lowest BCUT2D eigenvalue weighted by Gasteiger charge is -2.20. The molecule has 1 N–H and O–H groups in total. The van der Waals surface area contributed by atoms with E-state index in [1.54, 1.807) is 0 Å². The number of nitrogens with one attached hydrogen (secondary N) is 1. The van der Waals surface area contributed by atoms with Crippen molar-refractivity contribution >= 4 is 11.3 Å². The third kappa shape index (κ3) is 3.43. The highest BCUT2D eigenvalue weighted by atomic mass is 32.1. The molecule has 0 saturated carbocycles. The molecule has 19 heavy (non-hydrogen) atoms. The molecule has 0 radical (unpaired) electrons. The van der Waals surface area contributed by atoms with Crippen LogP contribution < -0.4 is 5.32 Å². The standard InChI is InChI=1S/C16H22N2S/c1-5-7-17-16(15-6-8-19-13(15)4)14-9-11(2)18-12(3)10-14/h6,8-10,16-17H,5,7H2,1-4H3. The minimum Gasteiger partial charge on any atom is -0.306 e. The number of nitrogens with zero attached hydrogens (tertiary/aromatic N) is 1. The van der Waals surface area contributed by atoms with E-state index in [1.165, 1.54) is 16.0 Å². The maximum absolute atomic E-state index is 4.48. The summed E-state index contributed by atoms with van der Waals surface area (Å²) >= 11 is 1.81. The molecule has 2 aromatic heterocycles. The van der Waals surface area contributed by atoms with E-state index in [2.05, 4.69) is 61.6 Å². The summed E-state index contributed by atoms with van der Waals surface area (Å²) in [4.78, 5) is 5.87. The average molecular weight is 274 g/mol. The van der Waals surface area contributed by atoms with E-state index in [9.17, 15) is 0 Å². The Morgan fingerprint density at radius 1 is 1.21 bits per heavy atom.